The van der Waals surface area contributed by atoms with Crippen LogP contribution in [-0.2, 0) is 25.0 Å². The summed E-state index contributed by atoms with van der Waals surface area (Å²) in [6, 6.07) is 14.6. The fraction of sp³-hybridized carbons (Fsp3) is 0.524. The Bertz CT molecular complexity index is 781. The Morgan fingerprint density at radius 1 is 0.960 bits per heavy atom. The average molecular weight is 340 g/mol. The summed E-state index contributed by atoms with van der Waals surface area (Å²) in [4.78, 5) is 12.2. The first-order valence-electron chi connectivity index (χ1n) is 9.33. The molecule has 25 heavy (non-hydrogen) atoms. The molecule has 2 aromatic carbocycles. The van der Waals surface area contributed by atoms with Gasteiger partial charge in [-0.05, 0) is 36.0 Å². The van der Waals surface area contributed by atoms with Crippen molar-refractivity contribution in [1.82, 2.24) is 0 Å². The lowest BCUT2D eigenvalue weighted by atomic mass is 9.73. The zero-order valence-electron chi connectivity index (χ0n) is 14.6. The van der Waals surface area contributed by atoms with Gasteiger partial charge in [0.25, 0.3) is 0 Å². The van der Waals surface area contributed by atoms with Gasteiger partial charge in [0.1, 0.15) is 0 Å². The number of rotatable bonds is 2. The molecule has 0 radical (unpaired) electrons. The van der Waals surface area contributed by atoms with E-state index in [0.717, 1.165) is 43.1 Å². The van der Waals surface area contributed by atoms with E-state index >= 15 is 0 Å². The van der Waals surface area contributed by atoms with Crippen molar-refractivity contribution in [3.8, 4) is 0 Å². The third-order valence-corrected chi connectivity index (χ3v) is 6.32. The summed E-state index contributed by atoms with van der Waals surface area (Å²) in [5.41, 5.74) is 0.568. The smallest absolute Gasteiger partial charge is 0.230 e. The molecule has 1 aliphatic carbocycles. The van der Waals surface area contributed by atoms with E-state index in [1.54, 1.807) is 7.11 Å². The van der Waals surface area contributed by atoms with E-state index in [0.29, 0.717) is 5.92 Å². The molecular weight excluding hydrogens is 316 g/mol. The zero-order valence-corrected chi connectivity index (χ0v) is 14.6. The minimum Gasteiger partial charge on any atom is -0.353 e. The molecule has 4 fully saturated rings. The van der Waals surface area contributed by atoms with Crippen LogP contribution in [0.1, 0.15) is 44.1 Å². The highest BCUT2D eigenvalue weighted by atomic mass is 17.3. The van der Waals surface area contributed by atoms with Crippen LogP contribution in [0.5, 0.6) is 0 Å². The van der Waals surface area contributed by atoms with Crippen molar-refractivity contribution in [3.63, 3.8) is 0 Å². The van der Waals surface area contributed by atoms with Crippen LogP contribution < -0.4 is 0 Å². The van der Waals surface area contributed by atoms with Crippen LogP contribution in [0.25, 0.3) is 10.8 Å². The highest BCUT2D eigenvalue weighted by molar-refractivity contribution is 5.86. The van der Waals surface area contributed by atoms with Crippen molar-refractivity contribution in [2.75, 3.05) is 7.11 Å². The molecule has 0 aromatic heterocycles. The number of fused-ring (bicyclic) bond motifs is 4. The lowest BCUT2D eigenvalue weighted by Gasteiger charge is -2.49. The van der Waals surface area contributed by atoms with E-state index in [2.05, 4.69) is 42.5 Å². The van der Waals surface area contributed by atoms with Gasteiger partial charge in [0.05, 0.1) is 0 Å². The van der Waals surface area contributed by atoms with Gasteiger partial charge in [-0.3, -0.25) is 0 Å². The molecule has 4 atom stereocenters. The van der Waals surface area contributed by atoms with Crippen molar-refractivity contribution >= 4 is 10.8 Å². The highest BCUT2D eigenvalue weighted by Crippen LogP contribution is 2.55. The first-order chi connectivity index (χ1) is 12.3. The van der Waals surface area contributed by atoms with Gasteiger partial charge in [0.2, 0.25) is 5.79 Å². The molecule has 132 valence electrons. The van der Waals surface area contributed by atoms with Gasteiger partial charge in [-0.15, -0.1) is 0 Å². The first kappa shape index (κ1) is 15.8. The first-order valence-corrected chi connectivity index (χ1v) is 9.33. The molecule has 2 bridgehead atoms. The van der Waals surface area contributed by atoms with Crippen LogP contribution in [0.4, 0.5) is 0 Å². The van der Waals surface area contributed by atoms with Gasteiger partial charge in [-0.25, -0.2) is 4.89 Å². The van der Waals surface area contributed by atoms with Crippen molar-refractivity contribution < 1.29 is 19.2 Å². The summed E-state index contributed by atoms with van der Waals surface area (Å²) in [6.45, 7) is 0. The topological polar surface area (TPSA) is 36.9 Å². The van der Waals surface area contributed by atoms with Gasteiger partial charge in [-0.1, -0.05) is 55.3 Å². The maximum atomic E-state index is 6.53. The maximum Gasteiger partial charge on any atom is 0.230 e. The largest absolute Gasteiger partial charge is 0.353 e. The molecule has 6 rings (SSSR count). The minimum absolute atomic E-state index is 0.395. The third kappa shape index (κ3) is 2.21. The Kier molecular flexibility index (Phi) is 3.64. The molecule has 4 aliphatic rings. The number of ether oxygens (including phenoxy) is 2. The third-order valence-electron chi connectivity index (χ3n) is 6.32. The summed E-state index contributed by atoms with van der Waals surface area (Å²) < 4.78 is 12.3. The summed E-state index contributed by atoms with van der Waals surface area (Å²) in [7, 11) is 1.71. The quantitative estimate of drug-likeness (QED) is 0.745. The van der Waals surface area contributed by atoms with Crippen LogP contribution in [0, 0.1) is 5.92 Å². The molecule has 3 saturated heterocycles. The predicted molar refractivity (Wildman–Crippen MR) is 93.6 cm³/mol. The average Bonchev–Trinajstić information content (AvgIpc) is 2.93. The Morgan fingerprint density at radius 3 is 2.76 bits per heavy atom. The predicted octanol–water partition coefficient (Wildman–Crippen LogP) is 4.67. The summed E-state index contributed by atoms with van der Waals surface area (Å²) in [5, 5.41) is 2.32. The SMILES string of the molecule is CO[C@H]1O[C@@]2(c3cccc4ccccc34)CC[C@H]3CCCC[C@]31OO2. The van der Waals surface area contributed by atoms with Crippen LogP contribution in [0.15, 0.2) is 42.5 Å². The summed E-state index contributed by atoms with van der Waals surface area (Å²) in [6.07, 6.45) is 5.88. The van der Waals surface area contributed by atoms with E-state index in [9.17, 15) is 0 Å². The van der Waals surface area contributed by atoms with Crippen LogP contribution in [0.2, 0.25) is 0 Å². The van der Waals surface area contributed by atoms with Gasteiger partial charge < -0.3 is 9.47 Å². The summed E-state index contributed by atoms with van der Waals surface area (Å²) in [5.74, 6) is -0.477. The molecular formula is C21H24O4. The fourth-order valence-corrected chi connectivity index (χ4v) is 5.04. The minimum atomic E-state index is -0.899. The van der Waals surface area contributed by atoms with Crippen molar-refractivity contribution in [2.45, 2.75) is 56.2 Å². The lowest BCUT2D eigenvalue weighted by molar-refractivity contribution is -0.558. The van der Waals surface area contributed by atoms with Crippen LogP contribution >= 0.6 is 0 Å². The van der Waals surface area contributed by atoms with Crippen molar-refractivity contribution in [3.05, 3.63) is 48.0 Å². The maximum absolute atomic E-state index is 6.53. The van der Waals surface area contributed by atoms with Crippen molar-refractivity contribution in [1.29, 1.82) is 0 Å². The van der Waals surface area contributed by atoms with Crippen LogP contribution in [0.3, 0.4) is 0 Å². The van der Waals surface area contributed by atoms with E-state index in [-0.39, 0.29) is 0 Å². The second-order valence-electron chi connectivity index (χ2n) is 7.57. The van der Waals surface area contributed by atoms with E-state index in [1.165, 1.54) is 11.8 Å². The molecule has 3 heterocycles. The second kappa shape index (κ2) is 5.78. The number of methoxy groups -OCH3 is 1. The van der Waals surface area contributed by atoms with Crippen molar-refractivity contribution in [2.24, 2.45) is 5.92 Å². The van der Waals surface area contributed by atoms with Crippen LogP contribution in [-0.4, -0.2) is 19.0 Å². The number of hydrogen-bond donors (Lipinski definition) is 0. The number of benzene rings is 2. The van der Waals surface area contributed by atoms with Gasteiger partial charge in [0.15, 0.2) is 11.9 Å². The van der Waals surface area contributed by atoms with Gasteiger partial charge in [-0.2, -0.15) is 4.89 Å². The summed E-state index contributed by atoms with van der Waals surface area (Å²) >= 11 is 0. The molecule has 0 unspecified atom stereocenters. The fourth-order valence-electron chi connectivity index (χ4n) is 5.04. The van der Waals surface area contributed by atoms with Gasteiger partial charge >= 0.3 is 0 Å². The van der Waals surface area contributed by atoms with Gasteiger partial charge in [0, 0.05) is 19.1 Å². The molecule has 1 saturated carbocycles. The monoisotopic (exact) mass is 340 g/mol. The Morgan fingerprint density at radius 2 is 1.84 bits per heavy atom. The molecule has 3 aliphatic heterocycles. The molecule has 2 aromatic rings. The van der Waals surface area contributed by atoms with E-state index < -0.39 is 17.7 Å². The van der Waals surface area contributed by atoms with E-state index in [4.69, 9.17) is 19.2 Å². The molecule has 0 amide bonds. The standard InChI is InChI=1S/C21H24O4/c1-22-19-20-13-5-4-9-16(20)12-14-21(23-19,25-24-20)18-11-6-8-15-7-2-3-10-17(15)18/h2-3,6-8,10-11,16,19H,4-5,9,12-14H2,1H3/t16-,19+,20+,21+/m1/s1. The molecule has 4 heteroatoms. The Labute approximate surface area is 147 Å². The lowest BCUT2D eigenvalue weighted by Crippen LogP contribution is -2.59. The molecule has 1 spiro atoms. The molecule has 4 nitrogen and oxygen atoms in total. The molecule has 0 N–H and O–H groups in total. The number of hydrogen-bond acceptors (Lipinski definition) is 4. The highest BCUT2D eigenvalue weighted by Gasteiger charge is 2.62. The Hall–Kier alpha value is -1.46. The normalized spacial score (nSPS) is 37.6. The zero-order chi connectivity index (χ0) is 16.9. The second-order valence-corrected chi connectivity index (χ2v) is 7.57. The Balaban J connectivity index is 1.64. The van der Waals surface area contributed by atoms with E-state index in [1.807, 2.05) is 0 Å².